The third kappa shape index (κ3) is 5.92. The number of hydrogen-bond acceptors (Lipinski definition) is 8. The van der Waals surface area contributed by atoms with Crippen molar-refractivity contribution in [3.63, 3.8) is 0 Å². The van der Waals surface area contributed by atoms with Gasteiger partial charge in [-0.2, -0.15) is 0 Å². The van der Waals surface area contributed by atoms with Crippen LogP contribution < -0.4 is 0 Å². The van der Waals surface area contributed by atoms with Gasteiger partial charge >= 0.3 is 11.9 Å². The van der Waals surface area contributed by atoms with Gasteiger partial charge in [0.25, 0.3) is 0 Å². The maximum Gasteiger partial charge on any atom is 0.303 e. The zero-order valence-corrected chi connectivity index (χ0v) is 10.1. The minimum atomic E-state index is -1.74. The Kier molecular flexibility index (Phi) is 7.44. The van der Waals surface area contributed by atoms with E-state index >= 15 is 0 Å². The zero-order chi connectivity index (χ0) is 14.3. The summed E-state index contributed by atoms with van der Waals surface area (Å²) < 4.78 is 8.98. The van der Waals surface area contributed by atoms with Crippen molar-refractivity contribution in [3.05, 3.63) is 0 Å². The largest absolute Gasteiger partial charge is 0.463 e. The number of rotatable bonds is 7. The molecule has 4 atom stereocenters. The summed E-state index contributed by atoms with van der Waals surface area (Å²) in [6, 6.07) is 0. The molecule has 0 aromatic heterocycles. The zero-order valence-electron chi connectivity index (χ0n) is 10.1. The van der Waals surface area contributed by atoms with Crippen molar-refractivity contribution in [1.29, 1.82) is 0 Å². The predicted octanol–water partition coefficient (Wildman–Crippen LogP) is -2.44. The van der Waals surface area contributed by atoms with Crippen LogP contribution in [0.1, 0.15) is 13.8 Å². The molecule has 0 spiro atoms. The van der Waals surface area contributed by atoms with Crippen molar-refractivity contribution in [1.82, 2.24) is 0 Å². The average Bonchev–Trinajstić information content (AvgIpc) is 2.30. The van der Waals surface area contributed by atoms with Gasteiger partial charge in [0, 0.05) is 13.8 Å². The first-order valence-corrected chi connectivity index (χ1v) is 5.25. The van der Waals surface area contributed by atoms with Crippen LogP contribution in [0.5, 0.6) is 0 Å². The molecule has 0 heterocycles. The number of aliphatic hydroxyl groups excluding tert-OH is 4. The van der Waals surface area contributed by atoms with E-state index in [2.05, 4.69) is 9.47 Å². The van der Waals surface area contributed by atoms with Crippen LogP contribution in [-0.4, -0.2) is 70.0 Å². The van der Waals surface area contributed by atoms with Crippen LogP contribution >= 0.6 is 0 Å². The third-order valence-corrected chi connectivity index (χ3v) is 2.08. The highest BCUT2D eigenvalue weighted by Crippen LogP contribution is 2.09. The Labute approximate surface area is 104 Å². The molecule has 0 radical (unpaired) electrons. The molecular weight excluding hydrogens is 248 g/mol. The first-order chi connectivity index (χ1) is 8.29. The standard InChI is InChI=1S/C10H18O8/c1-5(12)17-4-7(14)9(15)10(16)8(3-11)18-6(2)13/h7-11,14-16H,3-4H2,1-2H3/t7-,8+,9-,10-/m1/s1. The molecule has 8 heteroatoms. The van der Waals surface area contributed by atoms with Gasteiger partial charge in [-0.05, 0) is 0 Å². The lowest BCUT2D eigenvalue weighted by molar-refractivity contribution is -0.171. The Bertz CT molecular complexity index is 279. The molecule has 4 N–H and O–H groups in total. The molecule has 0 rings (SSSR count). The van der Waals surface area contributed by atoms with E-state index in [0.29, 0.717) is 0 Å². The smallest absolute Gasteiger partial charge is 0.303 e. The molecule has 0 saturated carbocycles. The molecule has 0 unspecified atom stereocenters. The van der Waals surface area contributed by atoms with E-state index < -0.39 is 49.6 Å². The van der Waals surface area contributed by atoms with Crippen molar-refractivity contribution >= 4 is 11.9 Å². The second kappa shape index (κ2) is 7.98. The summed E-state index contributed by atoms with van der Waals surface area (Å²) in [5, 5.41) is 37.4. The Hall–Kier alpha value is -1.22. The van der Waals surface area contributed by atoms with Crippen LogP contribution in [0.4, 0.5) is 0 Å². The average molecular weight is 266 g/mol. The highest BCUT2D eigenvalue weighted by Gasteiger charge is 2.33. The fraction of sp³-hybridized carbons (Fsp3) is 0.800. The molecule has 106 valence electrons. The summed E-state index contributed by atoms with van der Waals surface area (Å²) in [5.74, 6) is -1.41. The SMILES string of the molecule is CC(=O)OC[C@@H](O)[C@@H](O)[C@H](O)[C@H](CO)OC(C)=O. The molecular formula is C10H18O8. The third-order valence-electron chi connectivity index (χ3n) is 2.08. The lowest BCUT2D eigenvalue weighted by atomic mass is 10.0. The predicted molar refractivity (Wildman–Crippen MR) is 57.3 cm³/mol. The fourth-order valence-electron chi connectivity index (χ4n) is 1.18. The van der Waals surface area contributed by atoms with Crippen LogP contribution in [0, 0.1) is 0 Å². The highest BCUT2D eigenvalue weighted by molar-refractivity contribution is 5.66. The molecule has 0 aromatic carbocycles. The first kappa shape index (κ1) is 16.8. The molecule has 0 aliphatic rings. The molecule has 0 aromatic rings. The van der Waals surface area contributed by atoms with Gasteiger partial charge in [0.1, 0.15) is 24.9 Å². The number of carbonyl (C=O) groups excluding carboxylic acids is 2. The first-order valence-electron chi connectivity index (χ1n) is 5.25. The van der Waals surface area contributed by atoms with Gasteiger partial charge in [0.2, 0.25) is 0 Å². The van der Waals surface area contributed by atoms with E-state index in [4.69, 9.17) is 5.11 Å². The van der Waals surface area contributed by atoms with E-state index in [-0.39, 0.29) is 0 Å². The van der Waals surface area contributed by atoms with E-state index in [1.807, 2.05) is 0 Å². The monoisotopic (exact) mass is 266 g/mol. The molecule has 0 aliphatic heterocycles. The van der Waals surface area contributed by atoms with Crippen molar-refractivity contribution in [2.24, 2.45) is 0 Å². The Morgan fingerprint density at radius 3 is 2.00 bits per heavy atom. The summed E-state index contributed by atoms with van der Waals surface area (Å²) in [7, 11) is 0. The van der Waals surface area contributed by atoms with E-state index in [9.17, 15) is 24.9 Å². The maximum absolute atomic E-state index is 10.7. The molecule has 0 amide bonds. The van der Waals surface area contributed by atoms with Crippen LogP contribution in [0.15, 0.2) is 0 Å². The van der Waals surface area contributed by atoms with Crippen LogP contribution in [-0.2, 0) is 19.1 Å². The second-order valence-corrected chi connectivity index (χ2v) is 3.68. The normalized spacial score (nSPS) is 17.4. The number of carbonyl (C=O) groups is 2. The van der Waals surface area contributed by atoms with Crippen molar-refractivity contribution < 1.29 is 39.5 Å². The number of esters is 2. The fourth-order valence-corrected chi connectivity index (χ4v) is 1.18. The second-order valence-electron chi connectivity index (χ2n) is 3.68. The van der Waals surface area contributed by atoms with Crippen LogP contribution in [0.2, 0.25) is 0 Å². The quantitative estimate of drug-likeness (QED) is 0.373. The van der Waals surface area contributed by atoms with Gasteiger partial charge in [-0.25, -0.2) is 0 Å². The number of hydrogen-bond donors (Lipinski definition) is 4. The van der Waals surface area contributed by atoms with E-state index in [1.165, 1.54) is 0 Å². The molecule has 0 aliphatic carbocycles. The van der Waals surface area contributed by atoms with E-state index in [0.717, 1.165) is 13.8 Å². The van der Waals surface area contributed by atoms with Crippen molar-refractivity contribution in [2.45, 2.75) is 38.3 Å². The topological polar surface area (TPSA) is 134 Å². The molecule has 8 nitrogen and oxygen atoms in total. The minimum Gasteiger partial charge on any atom is -0.463 e. The van der Waals surface area contributed by atoms with Gasteiger partial charge in [-0.3, -0.25) is 9.59 Å². The molecule has 18 heavy (non-hydrogen) atoms. The summed E-state index contributed by atoms with van der Waals surface area (Å²) >= 11 is 0. The van der Waals surface area contributed by atoms with Gasteiger partial charge in [-0.15, -0.1) is 0 Å². The maximum atomic E-state index is 10.7. The molecule has 0 bridgehead atoms. The minimum absolute atomic E-state index is 0.522. The van der Waals surface area contributed by atoms with Crippen LogP contribution in [0.3, 0.4) is 0 Å². The van der Waals surface area contributed by atoms with Crippen molar-refractivity contribution in [3.8, 4) is 0 Å². The number of ether oxygens (including phenoxy) is 2. The van der Waals surface area contributed by atoms with Gasteiger partial charge in [0.05, 0.1) is 6.61 Å². The Morgan fingerprint density at radius 2 is 1.61 bits per heavy atom. The summed E-state index contributed by atoms with van der Waals surface area (Å²) in [6.07, 6.45) is -6.37. The van der Waals surface area contributed by atoms with Gasteiger partial charge in [0.15, 0.2) is 6.10 Å². The van der Waals surface area contributed by atoms with Crippen LogP contribution in [0.25, 0.3) is 0 Å². The lowest BCUT2D eigenvalue weighted by Crippen LogP contribution is -2.48. The van der Waals surface area contributed by atoms with Gasteiger partial charge in [-0.1, -0.05) is 0 Å². The lowest BCUT2D eigenvalue weighted by Gasteiger charge is -2.27. The van der Waals surface area contributed by atoms with Crippen molar-refractivity contribution in [2.75, 3.05) is 13.2 Å². The Morgan fingerprint density at radius 1 is 1.06 bits per heavy atom. The highest BCUT2D eigenvalue weighted by atomic mass is 16.6. The summed E-state index contributed by atoms with van der Waals surface area (Å²) in [5.41, 5.74) is 0. The van der Waals surface area contributed by atoms with E-state index in [1.54, 1.807) is 0 Å². The van der Waals surface area contributed by atoms with Gasteiger partial charge < -0.3 is 29.9 Å². The Balaban J connectivity index is 4.39. The molecule has 0 fully saturated rings. The summed E-state index contributed by atoms with van der Waals surface area (Å²) in [6.45, 7) is 0.936. The summed E-state index contributed by atoms with van der Waals surface area (Å²) in [4.78, 5) is 21.2. The number of aliphatic hydroxyl groups is 4. The molecule has 0 saturated heterocycles.